The molecule has 0 saturated heterocycles. The van der Waals surface area contributed by atoms with Gasteiger partial charge in [0, 0.05) is 6.42 Å². The fourth-order valence-corrected chi connectivity index (χ4v) is 4.63. The first-order valence-electron chi connectivity index (χ1n) is 10.3. The van der Waals surface area contributed by atoms with Gasteiger partial charge in [-0.2, -0.15) is 0 Å². The number of carbonyl (C=O) groups excluding carboxylic acids is 2. The topological polar surface area (TPSA) is 43.4 Å². The standard InChI is InChI=1S/C21H36O3/c1-3-5-6-7-16-8-10-17(11-9-16)18-12-13-19(20(22)15-18)21(23)24-14-4-2/h16-19H,3-15H2,1-2H3/t16-,17-,18?,19?. The van der Waals surface area contributed by atoms with Crippen LogP contribution in [0.3, 0.4) is 0 Å². The first-order chi connectivity index (χ1) is 11.7. The van der Waals surface area contributed by atoms with E-state index < -0.39 is 5.92 Å². The van der Waals surface area contributed by atoms with Crippen molar-refractivity contribution < 1.29 is 14.3 Å². The van der Waals surface area contributed by atoms with Gasteiger partial charge in [0.15, 0.2) is 0 Å². The Labute approximate surface area is 147 Å². The van der Waals surface area contributed by atoms with Crippen LogP contribution in [0.15, 0.2) is 0 Å². The molecule has 0 radical (unpaired) electrons. The molecule has 0 aromatic carbocycles. The van der Waals surface area contributed by atoms with Crippen LogP contribution in [0.4, 0.5) is 0 Å². The lowest BCUT2D eigenvalue weighted by Crippen LogP contribution is -2.35. The summed E-state index contributed by atoms with van der Waals surface area (Å²) in [4.78, 5) is 24.4. The van der Waals surface area contributed by atoms with Crippen LogP contribution < -0.4 is 0 Å². The lowest BCUT2D eigenvalue weighted by molar-refractivity contribution is -0.154. The molecule has 138 valence electrons. The van der Waals surface area contributed by atoms with Crippen LogP contribution in [0.1, 0.15) is 90.9 Å². The molecule has 2 atom stereocenters. The van der Waals surface area contributed by atoms with Crippen molar-refractivity contribution in [2.45, 2.75) is 90.9 Å². The molecule has 3 heteroatoms. The Hall–Kier alpha value is -0.860. The van der Waals surface area contributed by atoms with Gasteiger partial charge in [0.05, 0.1) is 6.61 Å². The van der Waals surface area contributed by atoms with Gasteiger partial charge in [-0.3, -0.25) is 9.59 Å². The van der Waals surface area contributed by atoms with Crippen molar-refractivity contribution in [3.05, 3.63) is 0 Å². The van der Waals surface area contributed by atoms with E-state index >= 15 is 0 Å². The fourth-order valence-electron chi connectivity index (χ4n) is 4.63. The van der Waals surface area contributed by atoms with Crippen LogP contribution in [-0.2, 0) is 14.3 Å². The quantitative estimate of drug-likeness (QED) is 0.343. The van der Waals surface area contributed by atoms with Crippen LogP contribution >= 0.6 is 0 Å². The van der Waals surface area contributed by atoms with Crippen molar-refractivity contribution in [1.29, 1.82) is 0 Å². The second-order valence-corrected chi connectivity index (χ2v) is 8.00. The zero-order chi connectivity index (χ0) is 17.4. The van der Waals surface area contributed by atoms with Crippen molar-refractivity contribution >= 4 is 11.8 Å². The van der Waals surface area contributed by atoms with E-state index in [1.54, 1.807) is 0 Å². The summed E-state index contributed by atoms with van der Waals surface area (Å²) in [5.74, 6) is 1.53. The average Bonchev–Trinajstić information content (AvgIpc) is 2.60. The van der Waals surface area contributed by atoms with E-state index in [2.05, 4.69) is 6.92 Å². The maximum atomic E-state index is 12.4. The van der Waals surface area contributed by atoms with E-state index in [-0.39, 0.29) is 11.8 Å². The summed E-state index contributed by atoms with van der Waals surface area (Å²) >= 11 is 0. The third-order valence-electron chi connectivity index (χ3n) is 6.19. The second kappa shape index (κ2) is 10.2. The molecular formula is C21H36O3. The van der Waals surface area contributed by atoms with Crippen molar-refractivity contribution in [2.75, 3.05) is 6.61 Å². The molecule has 2 saturated carbocycles. The molecule has 0 amide bonds. The summed E-state index contributed by atoms with van der Waals surface area (Å²) in [5, 5.41) is 0. The van der Waals surface area contributed by atoms with Crippen LogP contribution in [0.2, 0.25) is 0 Å². The van der Waals surface area contributed by atoms with Gasteiger partial charge in [-0.05, 0) is 49.9 Å². The zero-order valence-electron chi connectivity index (χ0n) is 15.7. The monoisotopic (exact) mass is 336 g/mol. The maximum Gasteiger partial charge on any atom is 0.316 e. The molecule has 3 nitrogen and oxygen atoms in total. The summed E-state index contributed by atoms with van der Waals surface area (Å²) in [6.07, 6.45) is 13.9. The third kappa shape index (κ3) is 5.60. The van der Waals surface area contributed by atoms with Crippen LogP contribution in [0.25, 0.3) is 0 Å². The smallest absolute Gasteiger partial charge is 0.316 e. The molecule has 0 aromatic rings. The number of ether oxygens (including phenoxy) is 1. The molecule has 2 aliphatic carbocycles. The fraction of sp³-hybridized carbons (Fsp3) is 0.905. The Morgan fingerprint density at radius 1 is 0.958 bits per heavy atom. The molecule has 2 rings (SSSR count). The Morgan fingerprint density at radius 2 is 1.67 bits per heavy atom. The highest BCUT2D eigenvalue weighted by Crippen LogP contribution is 2.41. The van der Waals surface area contributed by atoms with E-state index in [1.165, 1.54) is 51.4 Å². The average molecular weight is 337 g/mol. The molecule has 0 spiro atoms. The maximum absolute atomic E-state index is 12.4. The van der Waals surface area contributed by atoms with Crippen molar-refractivity contribution in [3.8, 4) is 0 Å². The number of carbonyl (C=O) groups is 2. The Bertz CT molecular complexity index is 396. The van der Waals surface area contributed by atoms with E-state index in [9.17, 15) is 9.59 Å². The lowest BCUT2D eigenvalue weighted by Gasteiger charge is -2.36. The number of Topliss-reactive ketones (excluding diaryl/α,β-unsaturated/α-hetero) is 1. The van der Waals surface area contributed by atoms with Gasteiger partial charge in [-0.15, -0.1) is 0 Å². The van der Waals surface area contributed by atoms with E-state index in [4.69, 9.17) is 4.74 Å². The first kappa shape index (κ1) is 19.5. The van der Waals surface area contributed by atoms with Gasteiger partial charge in [0.2, 0.25) is 0 Å². The molecule has 0 bridgehead atoms. The minimum atomic E-state index is -0.474. The number of ketones is 1. The normalized spacial score (nSPS) is 31.0. The minimum Gasteiger partial charge on any atom is -0.465 e. The summed E-state index contributed by atoms with van der Waals surface area (Å²) in [6.45, 7) is 4.68. The highest BCUT2D eigenvalue weighted by Gasteiger charge is 2.38. The summed E-state index contributed by atoms with van der Waals surface area (Å²) in [6, 6.07) is 0. The van der Waals surface area contributed by atoms with Crippen LogP contribution in [0.5, 0.6) is 0 Å². The summed E-state index contributed by atoms with van der Waals surface area (Å²) in [7, 11) is 0. The number of rotatable bonds is 8. The van der Waals surface area contributed by atoms with Gasteiger partial charge < -0.3 is 4.74 Å². The summed E-state index contributed by atoms with van der Waals surface area (Å²) in [5.41, 5.74) is 0. The summed E-state index contributed by atoms with van der Waals surface area (Å²) < 4.78 is 5.18. The first-order valence-corrected chi connectivity index (χ1v) is 10.3. The van der Waals surface area contributed by atoms with Crippen molar-refractivity contribution in [2.24, 2.45) is 23.7 Å². The zero-order valence-corrected chi connectivity index (χ0v) is 15.7. The SMILES string of the molecule is CCCCC[C@H]1CC[C@H](C2CCC(C(=O)OCCC)C(=O)C2)CC1. The molecule has 0 N–H and O–H groups in total. The highest BCUT2D eigenvalue weighted by molar-refractivity contribution is 5.99. The van der Waals surface area contributed by atoms with E-state index in [0.717, 1.165) is 18.8 Å². The lowest BCUT2D eigenvalue weighted by atomic mass is 9.68. The molecule has 2 unspecified atom stereocenters. The number of unbranched alkanes of at least 4 members (excludes halogenated alkanes) is 2. The number of esters is 1. The molecule has 2 aliphatic rings. The minimum absolute atomic E-state index is 0.137. The third-order valence-corrected chi connectivity index (χ3v) is 6.19. The van der Waals surface area contributed by atoms with Gasteiger partial charge in [0.25, 0.3) is 0 Å². The molecule has 0 aliphatic heterocycles. The molecule has 2 fully saturated rings. The molecule has 24 heavy (non-hydrogen) atoms. The Kier molecular flexibility index (Phi) is 8.28. The largest absolute Gasteiger partial charge is 0.465 e. The number of hydrogen-bond acceptors (Lipinski definition) is 3. The second-order valence-electron chi connectivity index (χ2n) is 8.00. The highest BCUT2D eigenvalue weighted by atomic mass is 16.5. The van der Waals surface area contributed by atoms with Crippen LogP contribution in [-0.4, -0.2) is 18.4 Å². The molecule has 0 aromatic heterocycles. The van der Waals surface area contributed by atoms with Crippen molar-refractivity contribution in [3.63, 3.8) is 0 Å². The van der Waals surface area contributed by atoms with Gasteiger partial charge in [0.1, 0.15) is 11.7 Å². The van der Waals surface area contributed by atoms with Gasteiger partial charge in [-0.25, -0.2) is 0 Å². The predicted molar refractivity (Wildman–Crippen MR) is 96.7 cm³/mol. The van der Waals surface area contributed by atoms with Crippen LogP contribution in [0, 0.1) is 23.7 Å². The number of hydrogen-bond donors (Lipinski definition) is 0. The van der Waals surface area contributed by atoms with E-state index in [0.29, 0.717) is 31.3 Å². The molecular weight excluding hydrogens is 300 g/mol. The Morgan fingerprint density at radius 3 is 2.29 bits per heavy atom. The van der Waals surface area contributed by atoms with Gasteiger partial charge >= 0.3 is 5.97 Å². The van der Waals surface area contributed by atoms with E-state index in [1.807, 2.05) is 6.92 Å². The Balaban J connectivity index is 1.72. The van der Waals surface area contributed by atoms with Gasteiger partial charge in [-0.1, -0.05) is 52.4 Å². The predicted octanol–water partition coefficient (Wildman–Crippen LogP) is 5.31. The molecule has 0 heterocycles. The van der Waals surface area contributed by atoms with Crippen molar-refractivity contribution in [1.82, 2.24) is 0 Å².